The van der Waals surface area contributed by atoms with Crippen molar-refractivity contribution in [3.8, 4) is 0 Å². The summed E-state index contributed by atoms with van der Waals surface area (Å²) in [4.78, 5) is 6.65. The summed E-state index contributed by atoms with van der Waals surface area (Å²) in [5.41, 5.74) is 6.17. The number of hydrogen-bond donors (Lipinski definition) is 2. The number of nitrogens with two attached hydrogens (primary N) is 1. The Morgan fingerprint density at radius 1 is 1.39 bits per heavy atom. The average Bonchev–Trinajstić information content (AvgIpc) is 2.75. The van der Waals surface area contributed by atoms with Crippen LogP contribution in [0.4, 0.5) is 8.78 Å². The van der Waals surface area contributed by atoms with E-state index < -0.39 is 11.6 Å². The van der Waals surface area contributed by atoms with Gasteiger partial charge in [-0.1, -0.05) is 0 Å². The smallest absolute Gasteiger partial charge is 0.170 e. The number of hydrogen-bond acceptors (Lipinski definition) is 3. The topological polar surface area (TPSA) is 54.7 Å². The van der Waals surface area contributed by atoms with Gasteiger partial charge in [0.2, 0.25) is 0 Å². The van der Waals surface area contributed by atoms with E-state index in [1.165, 1.54) is 18.3 Å². The molecule has 1 atom stereocenters. The standard InChI is InChI=1S/C12H13F2N3S/c1-7(15)4-8-5-9(13)11(10(14)6-8)18-12-16-2-3-17-12/h2-3,5-7H,4,15H2,1H3,(H,16,17). The summed E-state index contributed by atoms with van der Waals surface area (Å²) < 4.78 is 27.6. The van der Waals surface area contributed by atoms with E-state index in [4.69, 9.17) is 5.73 Å². The van der Waals surface area contributed by atoms with Gasteiger partial charge < -0.3 is 10.7 Å². The number of rotatable bonds is 4. The summed E-state index contributed by atoms with van der Waals surface area (Å²) in [6, 6.07) is 2.50. The highest BCUT2D eigenvalue weighted by atomic mass is 32.2. The van der Waals surface area contributed by atoms with E-state index in [2.05, 4.69) is 9.97 Å². The summed E-state index contributed by atoms with van der Waals surface area (Å²) in [5, 5.41) is 0.452. The first-order valence-corrected chi connectivity index (χ1v) is 6.28. The summed E-state index contributed by atoms with van der Waals surface area (Å²) in [5.74, 6) is -1.18. The minimum atomic E-state index is -0.591. The molecular weight excluding hydrogens is 256 g/mol. The van der Waals surface area contributed by atoms with Crippen LogP contribution < -0.4 is 5.73 Å². The zero-order chi connectivity index (χ0) is 13.1. The van der Waals surface area contributed by atoms with E-state index >= 15 is 0 Å². The fourth-order valence-electron chi connectivity index (χ4n) is 1.60. The Morgan fingerprint density at radius 3 is 2.56 bits per heavy atom. The predicted octanol–water partition coefficient (Wildman–Crippen LogP) is 2.73. The van der Waals surface area contributed by atoms with Crippen LogP contribution in [0.1, 0.15) is 12.5 Å². The summed E-state index contributed by atoms with van der Waals surface area (Å²) in [6.45, 7) is 1.79. The SMILES string of the molecule is CC(N)Cc1cc(F)c(Sc2ncc[nH]2)c(F)c1. The highest BCUT2D eigenvalue weighted by Crippen LogP contribution is 2.30. The van der Waals surface area contributed by atoms with Gasteiger partial charge in [-0.05, 0) is 42.8 Å². The molecule has 0 saturated carbocycles. The molecule has 0 saturated heterocycles. The molecule has 0 amide bonds. The molecule has 6 heteroatoms. The van der Waals surface area contributed by atoms with Gasteiger partial charge >= 0.3 is 0 Å². The Balaban J connectivity index is 2.26. The van der Waals surface area contributed by atoms with Crippen molar-refractivity contribution in [1.82, 2.24) is 9.97 Å². The fourth-order valence-corrected chi connectivity index (χ4v) is 2.35. The van der Waals surface area contributed by atoms with Gasteiger partial charge in [-0.15, -0.1) is 0 Å². The van der Waals surface area contributed by atoms with Crippen LogP contribution in [0.2, 0.25) is 0 Å². The Hall–Kier alpha value is -1.40. The lowest BCUT2D eigenvalue weighted by molar-refractivity contribution is 0.535. The summed E-state index contributed by atoms with van der Waals surface area (Å²) >= 11 is 0.927. The second kappa shape index (κ2) is 5.49. The molecule has 0 aliphatic rings. The molecule has 1 aromatic carbocycles. The van der Waals surface area contributed by atoms with Crippen LogP contribution in [0.15, 0.2) is 34.6 Å². The number of halogens is 2. The maximum absolute atomic E-state index is 13.8. The molecule has 0 spiro atoms. The van der Waals surface area contributed by atoms with Gasteiger partial charge in [-0.2, -0.15) is 0 Å². The van der Waals surface area contributed by atoms with E-state index in [9.17, 15) is 8.78 Å². The highest BCUT2D eigenvalue weighted by Gasteiger charge is 2.14. The van der Waals surface area contributed by atoms with E-state index in [1.54, 1.807) is 13.1 Å². The molecule has 3 N–H and O–H groups in total. The molecule has 1 aromatic heterocycles. The summed E-state index contributed by atoms with van der Waals surface area (Å²) in [7, 11) is 0. The van der Waals surface area contributed by atoms with Crippen molar-refractivity contribution in [1.29, 1.82) is 0 Å². The van der Waals surface area contributed by atoms with E-state index in [-0.39, 0.29) is 10.9 Å². The van der Waals surface area contributed by atoms with Gasteiger partial charge in [0.1, 0.15) is 11.6 Å². The van der Waals surface area contributed by atoms with Crippen molar-refractivity contribution in [3.05, 3.63) is 41.7 Å². The monoisotopic (exact) mass is 269 g/mol. The lowest BCUT2D eigenvalue weighted by atomic mass is 10.1. The number of H-pyrrole nitrogens is 1. The maximum Gasteiger partial charge on any atom is 0.170 e. The molecule has 0 fully saturated rings. The molecular formula is C12H13F2N3S. The zero-order valence-electron chi connectivity index (χ0n) is 9.78. The number of imidazole rings is 1. The molecule has 2 aromatic rings. The first-order valence-electron chi connectivity index (χ1n) is 5.47. The van der Waals surface area contributed by atoms with Crippen LogP contribution in [0, 0.1) is 11.6 Å². The normalized spacial score (nSPS) is 12.7. The van der Waals surface area contributed by atoms with Gasteiger partial charge in [-0.3, -0.25) is 0 Å². The minimum Gasteiger partial charge on any atom is -0.339 e. The van der Waals surface area contributed by atoms with Crippen molar-refractivity contribution in [3.63, 3.8) is 0 Å². The van der Waals surface area contributed by atoms with Crippen molar-refractivity contribution in [2.45, 2.75) is 29.4 Å². The largest absolute Gasteiger partial charge is 0.339 e. The van der Waals surface area contributed by atoms with Crippen LogP contribution in [0.25, 0.3) is 0 Å². The number of aromatic nitrogens is 2. The van der Waals surface area contributed by atoms with Crippen molar-refractivity contribution >= 4 is 11.8 Å². The van der Waals surface area contributed by atoms with Gasteiger partial charge in [0, 0.05) is 18.4 Å². The fraction of sp³-hybridized carbons (Fsp3) is 0.250. The van der Waals surface area contributed by atoms with Crippen LogP contribution >= 0.6 is 11.8 Å². The van der Waals surface area contributed by atoms with Crippen LogP contribution in [-0.2, 0) is 6.42 Å². The molecule has 0 radical (unpaired) electrons. The molecule has 18 heavy (non-hydrogen) atoms. The highest BCUT2D eigenvalue weighted by molar-refractivity contribution is 7.99. The van der Waals surface area contributed by atoms with Crippen molar-refractivity contribution < 1.29 is 8.78 Å². The maximum atomic E-state index is 13.8. The van der Waals surface area contributed by atoms with Gasteiger partial charge in [-0.25, -0.2) is 13.8 Å². The minimum absolute atomic E-state index is 0.0571. The number of nitrogens with zero attached hydrogens (tertiary/aromatic N) is 1. The molecule has 3 nitrogen and oxygen atoms in total. The molecule has 1 unspecified atom stereocenters. The van der Waals surface area contributed by atoms with Crippen molar-refractivity contribution in [2.75, 3.05) is 0 Å². The second-order valence-corrected chi connectivity index (χ2v) is 5.07. The first kappa shape index (κ1) is 13.0. The average molecular weight is 269 g/mol. The van der Waals surface area contributed by atoms with Crippen LogP contribution in [0.3, 0.4) is 0 Å². The zero-order valence-corrected chi connectivity index (χ0v) is 10.6. The van der Waals surface area contributed by atoms with Gasteiger partial charge in [0.05, 0.1) is 4.90 Å². The van der Waals surface area contributed by atoms with E-state index in [1.807, 2.05) is 0 Å². The Kier molecular flexibility index (Phi) is 3.98. The van der Waals surface area contributed by atoms with Gasteiger partial charge in [0.15, 0.2) is 5.16 Å². The quantitative estimate of drug-likeness (QED) is 0.897. The predicted molar refractivity (Wildman–Crippen MR) is 66.4 cm³/mol. The van der Waals surface area contributed by atoms with E-state index in [0.29, 0.717) is 17.1 Å². The summed E-state index contributed by atoms with van der Waals surface area (Å²) in [6.07, 6.45) is 3.57. The van der Waals surface area contributed by atoms with Crippen molar-refractivity contribution in [2.24, 2.45) is 5.73 Å². The molecule has 96 valence electrons. The lowest BCUT2D eigenvalue weighted by Gasteiger charge is -2.08. The Morgan fingerprint density at radius 2 is 2.06 bits per heavy atom. The Bertz CT molecular complexity index is 503. The number of benzene rings is 1. The molecule has 0 aliphatic carbocycles. The second-order valence-electron chi connectivity index (χ2n) is 4.07. The Labute approximate surface area is 108 Å². The number of aromatic amines is 1. The molecule has 0 aliphatic heterocycles. The third kappa shape index (κ3) is 3.08. The van der Waals surface area contributed by atoms with Gasteiger partial charge in [0.25, 0.3) is 0 Å². The first-order chi connectivity index (χ1) is 8.56. The van der Waals surface area contributed by atoms with Crippen LogP contribution in [-0.4, -0.2) is 16.0 Å². The molecule has 1 heterocycles. The third-order valence-electron chi connectivity index (χ3n) is 2.29. The third-order valence-corrected chi connectivity index (χ3v) is 3.30. The van der Waals surface area contributed by atoms with Crippen LogP contribution in [0.5, 0.6) is 0 Å². The van der Waals surface area contributed by atoms with E-state index in [0.717, 1.165) is 11.8 Å². The molecule has 2 rings (SSSR count). The number of nitrogens with one attached hydrogen (secondary N) is 1. The molecule has 0 bridgehead atoms. The lowest BCUT2D eigenvalue weighted by Crippen LogP contribution is -2.18.